The molecule has 0 bridgehead atoms. The van der Waals surface area contributed by atoms with E-state index in [0.29, 0.717) is 17.6 Å². The minimum absolute atomic E-state index is 0.268. The number of aromatic amines is 1. The quantitative estimate of drug-likeness (QED) is 0.477. The van der Waals surface area contributed by atoms with Crippen molar-refractivity contribution < 1.29 is 41.9 Å². The van der Waals surface area contributed by atoms with Crippen molar-refractivity contribution in [3.8, 4) is 17.1 Å². The van der Waals surface area contributed by atoms with Gasteiger partial charge in [-0.15, -0.1) is 0 Å². The summed E-state index contributed by atoms with van der Waals surface area (Å²) < 4.78 is 18.3. The number of rotatable bonds is 3. The average molecular weight is 499 g/mol. The van der Waals surface area contributed by atoms with Gasteiger partial charge in [0.25, 0.3) is 6.01 Å². The minimum Gasteiger partial charge on any atom is -0.759 e. The second-order valence-electron chi connectivity index (χ2n) is 6.72. The molecule has 27 heavy (non-hydrogen) atoms. The Morgan fingerprint density at radius 3 is 2.74 bits per heavy atom. The third kappa shape index (κ3) is 3.21. The topological polar surface area (TPSA) is 76.6 Å². The predicted octanol–water partition coefficient (Wildman–Crippen LogP) is -0.488. The SMILES string of the molecule is O[C@@H]1CO[C@H]2[C@@H]1OC[C@H]2Oc1nc2cc(-c3ccc([I-])cc3)c(Cl)cc2[nH]1. The molecule has 3 heterocycles. The zero-order valence-electron chi connectivity index (χ0n) is 14.1. The van der Waals surface area contributed by atoms with E-state index in [1.807, 2.05) is 36.4 Å². The Morgan fingerprint density at radius 1 is 1.15 bits per heavy atom. The zero-order valence-corrected chi connectivity index (χ0v) is 17.0. The number of benzene rings is 2. The van der Waals surface area contributed by atoms with Crippen LogP contribution in [0.5, 0.6) is 6.01 Å². The number of hydrogen-bond donors (Lipinski definition) is 2. The Kier molecular flexibility index (Phi) is 4.52. The van der Waals surface area contributed by atoms with Crippen molar-refractivity contribution in [3.63, 3.8) is 0 Å². The third-order valence-corrected chi connectivity index (χ3v) is 5.98. The van der Waals surface area contributed by atoms with Crippen molar-refractivity contribution in [2.45, 2.75) is 24.4 Å². The highest BCUT2D eigenvalue weighted by Gasteiger charge is 2.48. The number of fused-ring (bicyclic) bond motifs is 2. The lowest BCUT2D eigenvalue weighted by atomic mass is 10.1. The van der Waals surface area contributed by atoms with Crippen LogP contribution in [0, 0.1) is 3.57 Å². The summed E-state index contributed by atoms with van der Waals surface area (Å²) in [6.45, 7) is 0.627. The van der Waals surface area contributed by atoms with E-state index >= 15 is 0 Å². The maximum atomic E-state index is 9.84. The van der Waals surface area contributed by atoms with Gasteiger partial charge in [0.05, 0.1) is 29.3 Å². The molecule has 2 N–H and O–H groups in total. The van der Waals surface area contributed by atoms with Gasteiger partial charge in [0.2, 0.25) is 0 Å². The van der Waals surface area contributed by atoms with E-state index in [1.165, 1.54) is 3.57 Å². The maximum absolute atomic E-state index is 9.84. The van der Waals surface area contributed by atoms with Gasteiger partial charge in [0.15, 0.2) is 6.10 Å². The summed E-state index contributed by atoms with van der Waals surface area (Å²) in [6.07, 6.45) is -1.52. The van der Waals surface area contributed by atoms with Crippen LogP contribution < -0.4 is 27.3 Å². The molecule has 0 aliphatic carbocycles. The van der Waals surface area contributed by atoms with E-state index in [-0.39, 0.29) is 24.9 Å². The predicted molar refractivity (Wildman–Crippen MR) is 95.1 cm³/mol. The first-order valence-corrected chi connectivity index (χ1v) is 10.1. The summed E-state index contributed by atoms with van der Waals surface area (Å²) in [5, 5.41) is 10.5. The van der Waals surface area contributed by atoms with Crippen LogP contribution in [0.2, 0.25) is 5.02 Å². The van der Waals surface area contributed by atoms with Gasteiger partial charge in [-0.1, -0.05) is 35.9 Å². The van der Waals surface area contributed by atoms with Crippen molar-refractivity contribution >= 4 is 22.6 Å². The number of ether oxygens (including phenoxy) is 3. The van der Waals surface area contributed by atoms with Crippen molar-refractivity contribution in [2.24, 2.45) is 0 Å². The molecule has 2 aliphatic rings. The Hall–Kier alpha value is -1.39. The van der Waals surface area contributed by atoms with Gasteiger partial charge in [-0.2, -0.15) is 8.55 Å². The molecular weight excluding hydrogens is 483 g/mol. The fourth-order valence-corrected chi connectivity index (χ4v) is 4.23. The second kappa shape index (κ2) is 6.89. The normalized spacial score (nSPS) is 27.2. The summed E-state index contributed by atoms with van der Waals surface area (Å²) in [7, 11) is 0. The van der Waals surface area contributed by atoms with Crippen LogP contribution in [0.1, 0.15) is 0 Å². The Bertz CT molecular complexity index is 993. The number of halogens is 2. The molecule has 0 unspecified atom stereocenters. The number of nitrogens with zero attached hydrogens (tertiary/aromatic N) is 1. The molecule has 1 radical (unpaired) electrons. The Balaban J connectivity index is 1.43. The molecule has 0 spiro atoms. The molecule has 3 aromatic rings. The first-order valence-electron chi connectivity index (χ1n) is 8.61. The summed E-state index contributed by atoms with van der Waals surface area (Å²) in [5.41, 5.74) is 3.52. The molecule has 4 atom stereocenters. The molecule has 2 aromatic carbocycles. The second-order valence-corrected chi connectivity index (χ2v) is 8.37. The standard InChI is InChI=1S/C19H16ClIN2O4/c20-12-6-14-13(5-11(12)9-1-3-10(21)4-2-9)22-19(23-14)27-16-8-26-17-15(24)7-25-18(16)17/h1-6,15-18,24H,7-8H2,(H,22,23)/q-1/t15-,16-,17-,18-/m1/s1. The molecule has 5 rings (SSSR count). The summed E-state index contributed by atoms with van der Waals surface area (Å²) >= 11 is 8.76. The smallest absolute Gasteiger partial charge is 0.295 e. The highest BCUT2D eigenvalue weighted by Crippen LogP contribution is 2.33. The van der Waals surface area contributed by atoms with Crippen LogP contribution in [0.25, 0.3) is 22.2 Å². The van der Waals surface area contributed by atoms with Gasteiger partial charge >= 0.3 is 0 Å². The summed E-state index contributed by atoms with van der Waals surface area (Å²) in [4.78, 5) is 7.69. The van der Waals surface area contributed by atoms with Gasteiger partial charge in [0, 0.05) is 5.56 Å². The zero-order chi connectivity index (χ0) is 18.5. The molecule has 0 amide bonds. The van der Waals surface area contributed by atoms with Crippen molar-refractivity contribution in [1.29, 1.82) is 0 Å². The van der Waals surface area contributed by atoms with E-state index in [2.05, 4.69) is 32.6 Å². The lowest BCUT2D eigenvalue weighted by Gasteiger charge is -2.15. The van der Waals surface area contributed by atoms with Crippen LogP contribution in [-0.2, 0) is 9.47 Å². The number of hydrogen-bond acceptors (Lipinski definition) is 5. The Morgan fingerprint density at radius 2 is 1.93 bits per heavy atom. The van der Waals surface area contributed by atoms with E-state index in [4.69, 9.17) is 25.8 Å². The first kappa shape index (κ1) is 17.7. The number of H-pyrrole nitrogens is 1. The van der Waals surface area contributed by atoms with Crippen molar-refractivity contribution in [3.05, 3.63) is 45.0 Å². The van der Waals surface area contributed by atoms with E-state index in [9.17, 15) is 5.11 Å². The van der Waals surface area contributed by atoms with Gasteiger partial charge in [-0.3, -0.25) is 0 Å². The largest absolute Gasteiger partial charge is 0.759 e. The number of nitrogens with one attached hydrogen (secondary N) is 1. The number of imidazole rings is 1. The van der Waals surface area contributed by atoms with Crippen LogP contribution in [-0.4, -0.2) is 52.7 Å². The molecule has 6 nitrogen and oxygen atoms in total. The minimum atomic E-state index is -0.602. The van der Waals surface area contributed by atoms with E-state index < -0.39 is 6.10 Å². The van der Waals surface area contributed by atoms with Gasteiger partial charge in [-0.25, -0.2) is 0 Å². The van der Waals surface area contributed by atoms with Crippen molar-refractivity contribution in [1.82, 2.24) is 9.97 Å². The molecule has 1 aromatic heterocycles. The average Bonchev–Trinajstić information content (AvgIpc) is 3.33. The van der Waals surface area contributed by atoms with E-state index in [0.717, 1.165) is 22.2 Å². The highest BCUT2D eigenvalue weighted by molar-refractivity contribution is 6.34. The Labute approximate surface area is 173 Å². The van der Waals surface area contributed by atoms with Crippen LogP contribution in [0.3, 0.4) is 0 Å². The molecule has 2 aliphatic heterocycles. The lowest BCUT2D eigenvalue weighted by Crippen LogP contribution is -3.34. The van der Waals surface area contributed by atoms with Crippen LogP contribution >= 0.6 is 11.6 Å². The highest BCUT2D eigenvalue weighted by atomic mass is 127. The number of aromatic nitrogens is 2. The molecule has 8 heteroatoms. The molecule has 141 valence electrons. The van der Waals surface area contributed by atoms with Gasteiger partial charge < -0.3 is 46.9 Å². The molecule has 0 saturated carbocycles. The van der Waals surface area contributed by atoms with Gasteiger partial charge in [0.1, 0.15) is 18.3 Å². The third-order valence-electron chi connectivity index (χ3n) is 4.95. The number of aliphatic hydroxyl groups excluding tert-OH is 1. The number of aliphatic hydroxyl groups is 1. The fourth-order valence-electron chi connectivity index (χ4n) is 3.60. The fraction of sp³-hybridized carbons (Fsp3) is 0.316. The summed E-state index contributed by atoms with van der Waals surface area (Å²) in [6, 6.07) is 12.4. The monoisotopic (exact) mass is 498 g/mol. The van der Waals surface area contributed by atoms with Gasteiger partial charge in [-0.05, 0) is 17.7 Å². The van der Waals surface area contributed by atoms with Crippen LogP contribution in [0.15, 0.2) is 36.4 Å². The van der Waals surface area contributed by atoms with Crippen LogP contribution in [0.4, 0.5) is 0 Å². The molecular formula is C19H16ClIN2O4-. The molecule has 2 saturated heterocycles. The lowest BCUT2D eigenvalue weighted by molar-refractivity contribution is -0.328. The molecule has 2 fully saturated rings. The van der Waals surface area contributed by atoms with Crippen molar-refractivity contribution in [2.75, 3.05) is 13.2 Å². The van der Waals surface area contributed by atoms with E-state index in [1.54, 1.807) is 0 Å². The summed E-state index contributed by atoms with van der Waals surface area (Å²) in [5.74, 6) is 0. The maximum Gasteiger partial charge on any atom is 0.295 e. The first-order chi connectivity index (χ1) is 13.1.